The van der Waals surface area contributed by atoms with Crippen molar-refractivity contribution in [3.05, 3.63) is 29.8 Å². The second-order valence-electron chi connectivity index (χ2n) is 6.94. The van der Waals surface area contributed by atoms with E-state index < -0.39 is 0 Å². The molecule has 3 heteroatoms. The molecule has 1 aromatic carbocycles. The molecule has 0 radical (unpaired) electrons. The van der Waals surface area contributed by atoms with Gasteiger partial charge in [-0.05, 0) is 68.7 Å². The number of likely N-dealkylation sites (tertiary alicyclic amines) is 1. The lowest BCUT2D eigenvalue weighted by atomic mass is 10.0. The summed E-state index contributed by atoms with van der Waals surface area (Å²) in [5, 5.41) is 10.4. The summed E-state index contributed by atoms with van der Waals surface area (Å²) in [6, 6.07) is 7.87. The van der Waals surface area contributed by atoms with Crippen LogP contribution in [-0.2, 0) is 0 Å². The highest BCUT2D eigenvalue weighted by Crippen LogP contribution is 2.36. The van der Waals surface area contributed by atoms with Crippen LogP contribution in [0.3, 0.4) is 0 Å². The van der Waals surface area contributed by atoms with Crippen molar-refractivity contribution in [1.29, 1.82) is 0 Å². The number of aliphatic hydroxyl groups excluding tert-OH is 1. The third kappa shape index (κ3) is 4.02. The van der Waals surface area contributed by atoms with Crippen LogP contribution in [0, 0.1) is 11.8 Å². The number of rotatable bonds is 6. The lowest BCUT2D eigenvalue weighted by molar-refractivity contribution is 0.136. The predicted octanol–water partition coefficient (Wildman–Crippen LogP) is 3.63. The van der Waals surface area contributed by atoms with Crippen molar-refractivity contribution in [2.24, 2.45) is 11.8 Å². The Morgan fingerprint density at radius 2 is 1.95 bits per heavy atom. The number of hydrogen-bond acceptors (Lipinski definition) is 3. The molecule has 1 aliphatic carbocycles. The van der Waals surface area contributed by atoms with Crippen molar-refractivity contribution < 1.29 is 9.84 Å². The first-order valence-electron chi connectivity index (χ1n) is 8.87. The Kier molecular flexibility index (Phi) is 5.37. The fraction of sp³-hybridized carbons (Fsp3) is 0.684. The zero-order valence-corrected chi connectivity index (χ0v) is 13.7. The Bertz CT molecular complexity index is 459. The number of benzene rings is 1. The van der Waals surface area contributed by atoms with Crippen LogP contribution in [-0.4, -0.2) is 36.2 Å². The third-order valence-corrected chi connectivity index (χ3v) is 5.31. The number of fused-ring (bicyclic) bond motifs is 2. The molecule has 1 heterocycles. The summed E-state index contributed by atoms with van der Waals surface area (Å²) in [6.07, 6.45) is 6.13. The van der Waals surface area contributed by atoms with Gasteiger partial charge in [-0.15, -0.1) is 0 Å². The zero-order valence-electron chi connectivity index (χ0n) is 13.7. The highest BCUT2D eigenvalue weighted by Gasteiger charge is 2.29. The second kappa shape index (κ2) is 7.47. The molecule has 1 N–H and O–H groups in total. The molecule has 2 bridgehead atoms. The number of ether oxygens (including phenoxy) is 1. The van der Waals surface area contributed by atoms with Crippen LogP contribution in [0.25, 0.3) is 0 Å². The van der Waals surface area contributed by atoms with Crippen LogP contribution in [0.1, 0.15) is 50.7 Å². The molecule has 1 saturated heterocycles. The first-order valence-corrected chi connectivity index (χ1v) is 8.87. The standard InChI is InChI=1S/C19H29NO2/c1-2-22-18-7-5-17(6-8-18)19(21)10-12-20-11-9-15-3-4-16(13-15)14-20/h5-8,15-16,19,21H,2-4,9-14H2,1H3. The van der Waals surface area contributed by atoms with Gasteiger partial charge in [-0.1, -0.05) is 18.6 Å². The van der Waals surface area contributed by atoms with Crippen LogP contribution in [0.15, 0.2) is 24.3 Å². The summed E-state index contributed by atoms with van der Waals surface area (Å²) in [5.41, 5.74) is 1.000. The summed E-state index contributed by atoms with van der Waals surface area (Å²) < 4.78 is 5.45. The predicted molar refractivity (Wildman–Crippen MR) is 89.1 cm³/mol. The topological polar surface area (TPSA) is 32.7 Å². The summed E-state index contributed by atoms with van der Waals surface area (Å²) in [7, 11) is 0. The lowest BCUT2D eigenvalue weighted by Gasteiger charge is -2.25. The van der Waals surface area contributed by atoms with E-state index in [0.717, 1.165) is 36.1 Å². The van der Waals surface area contributed by atoms with Gasteiger partial charge in [0.15, 0.2) is 0 Å². The van der Waals surface area contributed by atoms with E-state index in [1.807, 2.05) is 31.2 Å². The summed E-state index contributed by atoms with van der Waals surface area (Å²) in [6.45, 7) is 6.14. The molecule has 3 nitrogen and oxygen atoms in total. The van der Waals surface area contributed by atoms with Gasteiger partial charge in [-0.3, -0.25) is 0 Å². The average Bonchev–Trinajstić information content (AvgIpc) is 2.87. The maximum Gasteiger partial charge on any atom is 0.119 e. The van der Waals surface area contributed by atoms with E-state index in [-0.39, 0.29) is 6.10 Å². The van der Waals surface area contributed by atoms with Crippen molar-refractivity contribution in [2.75, 3.05) is 26.2 Å². The van der Waals surface area contributed by atoms with E-state index in [1.165, 1.54) is 38.8 Å². The van der Waals surface area contributed by atoms with Crippen molar-refractivity contribution in [3.63, 3.8) is 0 Å². The molecule has 22 heavy (non-hydrogen) atoms. The van der Waals surface area contributed by atoms with Gasteiger partial charge in [0.1, 0.15) is 5.75 Å². The molecule has 2 fully saturated rings. The van der Waals surface area contributed by atoms with Gasteiger partial charge >= 0.3 is 0 Å². The molecular weight excluding hydrogens is 274 g/mol. The molecule has 1 aliphatic heterocycles. The van der Waals surface area contributed by atoms with Crippen molar-refractivity contribution in [3.8, 4) is 5.75 Å². The summed E-state index contributed by atoms with van der Waals surface area (Å²) in [4.78, 5) is 2.57. The van der Waals surface area contributed by atoms with Gasteiger partial charge in [-0.25, -0.2) is 0 Å². The number of hydrogen-bond donors (Lipinski definition) is 1. The van der Waals surface area contributed by atoms with E-state index in [2.05, 4.69) is 4.90 Å². The third-order valence-electron chi connectivity index (χ3n) is 5.31. The molecule has 1 saturated carbocycles. The van der Waals surface area contributed by atoms with Crippen molar-refractivity contribution in [2.45, 2.75) is 45.1 Å². The molecule has 0 aromatic heterocycles. The van der Waals surface area contributed by atoms with Gasteiger partial charge < -0.3 is 14.7 Å². The minimum Gasteiger partial charge on any atom is -0.494 e. The second-order valence-corrected chi connectivity index (χ2v) is 6.94. The smallest absolute Gasteiger partial charge is 0.119 e. The van der Waals surface area contributed by atoms with Gasteiger partial charge in [0, 0.05) is 13.1 Å². The van der Waals surface area contributed by atoms with E-state index in [0.29, 0.717) is 6.61 Å². The van der Waals surface area contributed by atoms with E-state index in [9.17, 15) is 5.11 Å². The van der Waals surface area contributed by atoms with Crippen LogP contribution in [0.4, 0.5) is 0 Å². The van der Waals surface area contributed by atoms with Crippen LogP contribution < -0.4 is 4.74 Å². The minimum atomic E-state index is -0.365. The Morgan fingerprint density at radius 3 is 2.73 bits per heavy atom. The molecule has 122 valence electrons. The average molecular weight is 303 g/mol. The molecule has 3 rings (SSSR count). The highest BCUT2D eigenvalue weighted by atomic mass is 16.5. The SMILES string of the molecule is CCOc1ccc(C(O)CCN2CCC3CCC(C3)C2)cc1. The normalized spacial score (nSPS) is 26.6. The Labute approximate surface area is 134 Å². The molecule has 3 unspecified atom stereocenters. The van der Waals surface area contributed by atoms with E-state index >= 15 is 0 Å². The molecule has 2 aliphatic rings. The lowest BCUT2D eigenvalue weighted by Crippen LogP contribution is -2.30. The van der Waals surface area contributed by atoms with Crippen LogP contribution in [0.2, 0.25) is 0 Å². The Balaban J connectivity index is 1.48. The molecule has 3 atom stereocenters. The number of aliphatic hydroxyl groups is 1. The Hall–Kier alpha value is -1.06. The molecule has 0 amide bonds. The zero-order chi connectivity index (χ0) is 15.4. The minimum absolute atomic E-state index is 0.365. The fourth-order valence-corrected chi connectivity index (χ4v) is 4.06. The Morgan fingerprint density at radius 1 is 1.18 bits per heavy atom. The molecular formula is C19H29NO2. The number of nitrogens with zero attached hydrogens (tertiary/aromatic N) is 1. The first kappa shape index (κ1) is 15.8. The quantitative estimate of drug-likeness (QED) is 0.871. The van der Waals surface area contributed by atoms with Crippen molar-refractivity contribution in [1.82, 2.24) is 4.90 Å². The van der Waals surface area contributed by atoms with E-state index in [1.54, 1.807) is 0 Å². The van der Waals surface area contributed by atoms with Crippen LogP contribution in [0.5, 0.6) is 5.75 Å². The van der Waals surface area contributed by atoms with E-state index in [4.69, 9.17) is 4.74 Å². The summed E-state index contributed by atoms with van der Waals surface area (Å²) in [5.74, 6) is 2.77. The maximum atomic E-state index is 10.4. The van der Waals surface area contributed by atoms with Gasteiger partial charge in [0.2, 0.25) is 0 Å². The highest BCUT2D eigenvalue weighted by molar-refractivity contribution is 5.28. The molecule has 0 spiro atoms. The van der Waals surface area contributed by atoms with Crippen LogP contribution >= 0.6 is 0 Å². The largest absolute Gasteiger partial charge is 0.494 e. The van der Waals surface area contributed by atoms with Gasteiger partial charge in [-0.2, -0.15) is 0 Å². The first-order chi connectivity index (χ1) is 10.7. The summed E-state index contributed by atoms with van der Waals surface area (Å²) >= 11 is 0. The molecule has 1 aromatic rings. The van der Waals surface area contributed by atoms with Gasteiger partial charge in [0.25, 0.3) is 0 Å². The van der Waals surface area contributed by atoms with Crippen molar-refractivity contribution >= 4 is 0 Å². The monoisotopic (exact) mass is 303 g/mol. The van der Waals surface area contributed by atoms with Gasteiger partial charge in [0.05, 0.1) is 12.7 Å². The fourth-order valence-electron chi connectivity index (χ4n) is 4.06. The maximum absolute atomic E-state index is 10.4.